The minimum absolute atomic E-state index is 0.168. The molecule has 0 saturated carbocycles. The lowest BCUT2D eigenvalue weighted by molar-refractivity contribution is -0.885. The first-order valence-electron chi connectivity index (χ1n) is 8.71. The molecule has 0 aliphatic rings. The second kappa shape index (κ2) is 9.70. The zero-order valence-corrected chi connectivity index (χ0v) is 16.4. The van der Waals surface area contributed by atoms with Gasteiger partial charge in [0.2, 0.25) is 5.91 Å². The Morgan fingerprint density at radius 2 is 1.71 bits per heavy atom. The highest BCUT2D eigenvalue weighted by molar-refractivity contribution is 5.95. The summed E-state index contributed by atoms with van der Waals surface area (Å²) in [4.78, 5) is 24.5. The van der Waals surface area contributed by atoms with Crippen LogP contribution in [0.3, 0.4) is 0 Å². The molecule has 2 rings (SSSR count). The van der Waals surface area contributed by atoms with E-state index in [1.54, 1.807) is 30.3 Å². The fourth-order valence-electron chi connectivity index (χ4n) is 2.79. The quantitative estimate of drug-likeness (QED) is 0.637. The van der Waals surface area contributed by atoms with Crippen molar-refractivity contribution in [2.45, 2.75) is 13.5 Å². The third kappa shape index (κ3) is 5.95. The molecule has 8 heteroatoms. The van der Waals surface area contributed by atoms with E-state index in [1.807, 2.05) is 7.05 Å². The number of hydrogen-bond acceptors (Lipinski definition) is 4. The van der Waals surface area contributed by atoms with Crippen molar-refractivity contribution in [1.82, 2.24) is 0 Å². The zero-order chi connectivity index (χ0) is 20.7. The number of ether oxygens (including phenoxy) is 2. The highest BCUT2D eigenvalue weighted by atomic mass is 19.1. The molecule has 0 radical (unpaired) electrons. The summed E-state index contributed by atoms with van der Waals surface area (Å²) in [7, 11) is 4.75. The van der Waals surface area contributed by atoms with E-state index in [1.165, 1.54) is 27.2 Å². The number of benzene rings is 2. The molecule has 7 nitrogen and oxygen atoms in total. The Kier molecular flexibility index (Phi) is 7.34. The largest absolute Gasteiger partial charge is 0.495 e. The molecule has 0 bridgehead atoms. The van der Waals surface area contributed by atoms with E-state index in [4.69, 9.17) is 9.47 Å². The molecule has 3 N–H and O–H groups in total. The Morgan fingerprint density at radius 3 is 2.32 bits per heavy atom. The molecule has 0 spiro atoms. The maximum atomic E-state index is 13.8. The van der Waals surface area contributed by atoms with Crippen LogP contribution in [0.15, 0.2) is 36.4 Å². The standard InChI is InChI=1S/C20H24FN3O4/c1-13(25)22-15-6-8-19(28-4)17(10-15)23-20(26)12-24(2)11-14-5-7-18(27-3)16(21)9-14/h5-10H,11-12H2,1-4H3,(H,22,25)(H,23,26)/p+1. The average Bonchev–Trinajstić information content (AvgIpc) is 2.61. The number of rotatable bonds is 8. The van der Waals surface area contributed by atoms with Crippen LogP contribution in [0.1, 0.15) is 12.5 Å². The topological polar surface area (TPSA) is 81.1 Å². The van der Waals surface area contributed by atoms with Gasteiger partial charge in [-0.15, -0.1) is 0 Å². The molecule has 0 fully saturated rings. The number of hydrogen-bond donors (Lipinski definition) is 3. The van der Waals surface area contributed by atoms with Crippen LogP contribution in [0.25, 0.3) is 0 Å². The Morgan fingerprint density at radius 1 is 1.04 bits per heavy atom. The van der Waals surface area contributed by atoms with Gasteiger partial charge in [-0.1, -0.05) is 0 Å². The smallest absolute Gasteiger partial charge is 0.279 e. The van der Waals surface area contributed by atoms with Gasteiger partial charge in [0.05, 0.1) is 27.0 Å². The van der Waals surface area contributed by atoms with Crippen LogP contribution in [0.4, 0.5) is 15.8 Å². The highest BCUT2D eigenvalue weighted by Crippen LogP contribution is 2.27. The van der Waals surface area contributed by atoms with Gasteiger partial charge in [-0.3, -0.25) is 9.59 Å². The van der Waals surface area contributed by atoms with Crippen LogP contribution in [0.5, 0.6) is 11.5 Å². The summed E-state index contributed by atoms with van der Waals surface area (Å²) in [5, 5.41) is 5.45. The third-order valence-corrected chi connectivity index (χ3v) is 3.98. The van der Waals surface area contributed by atoms with Gasteiger partial charge in [-0.25, -0.2) is 4.39 Å². The first-order chi connectivity index (χ1) is 13.3. The van der Waals surface area contributed by atoms with Crippen molar-refractivity contribution in [3.05, 3.63) is 47.8 Å². The van der Waals surface area contributed by atoms with E-state index in [0.29, 0.717) is 23.7 Å². The molecule has 150 valence electrons. The summed E-state index contributed by atoms with van der Waals surface area (Å²) >= 11 is 0. The Hall–Kier alpha value is -3.13. The van der Waals surface area contributed by atoms with Gasteiger partial charge in [0.25, 0.3) is 5.91 Å². The van der Waals surface area contributed by atoms with Gasteiger partial charge in [0, 0.05) is 18.2 Å². The number of carbonyl (C=O) groups excluding carboxylic acids is 2. The first-order valence-corrected chi connectivity index (χ1v) is 8.71. The van der Waals surface area contributed by atoms with Crippen molar-refractivity contribution >= 4 is 23.2 Å². The van der Waals surface area contributed by atoms with Gasteiger partial charge in [0.1, 0.15) is 12.3 Å². The number of anilines is 2. The van der Waals surface area contributed by atoms with Crippen LogP contribution in [-0.4, -0.2) is 39.6 Å². The predicted molar refractivity (Wildman–Crippen MR) is 104 cm³/mol. The molecule has 2 aromatic rings. The fourth-order valence-corrected chi connectivity index (χ4v) is 2.79. The maximum Gasteiger partial charge on any atom is 0.279 e. The van der Waals surface area contributed by atoms with Gasteiger partial charge < -0.3 is 25.0 Å². The van der Waals surface area contributed by atoms with Crippen LogP contribution < -0.4 is 25.0 Å². The van der Waals surface area contributed by atoms with Crippen molar-refractivity contribution < 1.29 is 28.4 Å². The van der Waals surface area contributed by atoms with E-state index in [0.717, 1.165) is 10.5 Å². The van der Waals surface area contributed by atoms with Crippen molar-refractivity contribution in [2.24, 2.45) is 0 Å². The fraction of sp³-hybridized carbons (Fsp3) is 0.300. The lowest BCUT2D eigenvalue weighted by Gasteiger charge is -2.16. The Balaban J connectivity index is 2.00. The number of quaternary nitrogens is 1. The van der Waals surface area contributed by atoms with Crippen molar-refractivity contribution in [3.8, 4) is 11.5 Å². The summed E-state index contributed by atoms with van der Waals surface area (Å²) in [5.41, 5.74) is 1.77. The van der Waals surface area contributed by atoms with Crippen molar-refractivity contribution in [1.29, 1.82) is 0 Å². The molecule has 2 aromatic carbocycles. The SMILES string of the molecule is COc1ccc(C[NH+](C)CC(=O)Nc2cc(NC(C)=O)ccc2OC)cc1F. The molecule has 2 amide bonds. The first kappa shape index (κ1) is 21.2. The maximum absolute atomic E-state index is 13.8. The summed E-state index contributed by atoms with van der Waals surface area (Å²) in [6.45, 7) is 2.04. The summed E-state index contributed by atoms with van der Waals surface area (Å²) in [6.07, 6.45) is 0. The van der Waals surface area contributed by atoms with Crippen LogP contribution >= 0.6 is 0 Å². The van der Waals surface area contributed by atoms with Gasteiger partial charge in [-0.2, -0.15) is 0 Å². The van der Waals surface area contributed by atoms with E-state index >= 15 is 0 Å². The van der Waals surface area contributed by atoms with Crippen molar-refractivity contribution in [2.75, 3.05) is 38.4 Å². The minimum atomic E-state index is -0.434. The summed E-state index contributed by atoms with van der Waals surface area (Å²) in [5.74, 6) is -0.206. The number of likely N-dealkylation sites (N-methyl/N-ethyl adjacent to an activating group) is 1. The third-order valence-electron chi connectivity index (χ3n) is 3.98. The molecule has 0 heterocycles. The monoisotopic (exact) mass is 390 g/mol. The van der Waals surface area contributed by atoms with Crippen LogP contribution in [0.2, 0.25) is 0 Å². The number of carbonyl (C=O) groups is 2. The van der Waals surface area contributed by atoms with Crippen LogP contribution in [0, 0.1) is 5.82 Å². The number of halogens is 1. The average molecular weight is 390 g/mol. The normalized spacial score (nSPS) is 11.5. The Labute approximate surface area is 163 Å². The second-order valence-corrected chi connectivity index (χ2v) is 6.42. The van der Waals surface area contributed by atoms with Crippen LogP contribution in [-0.2, 0) is 16.1 Å². The van der Waals surface area contributed by atoms with E-state index < -0.39 is 5.82 Å². The molecule has 0 aliphatic heterocycles. The lowest BCUT2D eigenvalue weighted by atomic mass is 10.2. The lowest BCUT2D eigenvalue weighted by Crippen LogP contribution is -3.08. The van der Waals surface area contributed by atoms with Crippen molar-refractivity contribution in [3.63, 3.8) is 0 Å². The predicted octanol–water partition coefficient (Wildman–Crippen LogP) is 1.45. The molecule has 1 unspecified atom stereocenters. The van der Waals surface area contributed by atoms with E-state index in [2.05, 4.69) is 10.6 Å². The van der Waals surface area contributed by atoms with Gasteiger partial charge >= 0.3 is 0 Å². The Bertz CT molecular complexity index is 857. The number of nitrogens with one attached hydrogen (secondary N) is 3. The van der Waals surface area contributed by atoms with Gasteiger partial charge in [0.15, 0.2) is 18.1 Å². The van der Waals surface area contributed by atoms with E-state index in [9.17, 15) is 14.0 Å². The molecule has 0 saturated heterocycles. The second-order valence-electron chi connectivity index (χ2n) is 6.42. The van der Waals surface area contributed by atoms with E-state index in [-0.39, 0.29) is 24.1 Å². The number of amides is 2. The molecule has 0 aliphatic carbocycles. The number of methoxy groups -OCH3 is 2. The molecular weight excluding hydrogens is 365 g/mol. The molecule has 28 heavy (non-hydrogen) atoms. The molecule has 0 aromatic heterocycles. The molecule has 1 atom stereocenters. The van der Waals surface area contributed by atoms with Gasteiger partial charge in [-0.05, 0) is 36.4 Å². The molecular formula is C20H25FN3O4+. The zero-order valence-electron chi connectivity index (χ0n) is 16.4. The minimum Gasteiger partial charge on any atom is -0.495 e. The highest BCUT2D eigenvalue weighted by Gasteiger charge is 2.15. The summed E-state index contributed by atoms with van der Waals surface area (Å²) in [6, 6.07) is 9.72. The summed E-state index contributed by atoms with van der Waals surface area (Å²) < 4.78 is 24.0.